The molecule has 0 atom stereocenters. The van der Waals surface area contributed by atoms with Crippen molar-refractivity contribution in [2.24, 2.45) is 0 Å². The van der Waals surface area contributed by atoms with Gasteiger partial charge in [0, 0.05) is 0 Å². The molecular formula is C10H17NO2S. The van der Waals surface area contributed by atoms with Crippen LogP contribution in [0.15, 0.2) is 0 Å². The van der Waals surface area contributed by atoms with Gasteiger partial charge in [-0.15, -0.1) is 11.8 Å². The van der Waals surface area contributed by atoms with Crippen molar-refractivity contribution in [1.29, 1.82) is 0 Å². The molecule has 1 rings (SSSR count). The zero-order valence-corrected chi connectivity index (χ0v) is 9.58. The van der Waals surface area contributed by atoms with Crippen molar-refractivity contribution >= 4 is 23.6 Å². The lowest BCUT2D eigenvalue weighted by atomic mass is 9.96. The zero-order valence-electron chi connectivity index (χ0n) is 8.76. The van der Waals surface area contributed by atoms with Gasteiger partial charge >= 0.3 is 0 Å². The van der Waals surface area contributed by atoms with Gasteiger partial charge in [-0.05, 0) is 12.8 Å². The van der Waals surface area contributed by atoms with Crippen molar-refractivity contribution < 1.29 is 9.59 Å². The number of hydrogen-bond donors (Lipinski definition) is 1. The molecule has 0 unspecified atom stereocenters. The monoisotopic (exact) mass is 215 g/mol. The molecule has 0 saturated carbocycles. The van der Waals surface area contributed by atoms with Crippen LogP contribution >= 0.6 is 11.8 Å². The first-order chi connectivity index (χ1) is 6.64. The number of nitrogens with one attached hydrogen (secondary N) is 1. The van der Waals surface area contributed by atoms with Crippen LogP contribution in [0.4, 0.5) is 0 Å². The minimum atomic E-state index is -0.336. The average molecular weight is 215 g/mol. The smallest absolute Gasteiger partial charge is 0.242 e. The van der Waals surface area contributed by atoms with Crippen LogP contribution in [0.1, 0.15) is 39.5 Å². The van der Waals surface area contributed by atoms with Gasteiger partial charge in [-0.2, -0.15) is 0 Å². The maximum absolute atomic E-state index is 11.8. The van der Waals surface area contributed by atoms with Crippen molar-refractivity contribution in [2.75, 3.05) is 5.75 Å². The van der Waals surface area contributed by atoms with Crippen molar-refractivity contribution in [3.63, 3.8) is 0 Å². The third-order valence-corrected chi connectivity index (χ3v) is 4.01. The van der Waals surface area contributed by atoms with E-state index in [-0.39, 0.29) is 16.6 Å². The molecule has 1 N–H and O–H groups in total. The lowest BCUT2D eigenvalue weighted by Gasteiger charge is -2.34. The minimum absolute atomic E-state index is 0.0811. The molecule has 0 aromatic rings. The fraction of sp³-hybridized carbons (Fsp3) is 0.800. The van der Waals surface area contributed by atoms with Gasteiger partial charge in [0.2, 0.25) is 11.8 Å². The Morgan fingerprint density at radius 3 is 2.29 bits per heavy atom. The number of thioether (sulfide) groups is 1. The zero-order chi connectivity index (χ0) is 10.6. The second-order valence-corrected chi connectivity index (χ2v) is 5.02. The summed E-state index contributed by atoms with van der Waals surface area (Å²) in [6, 6.07) is 0. The van der Waals surface area contributed by atoms with Gasteiger partial charge in [-0.25, -0.2) is 0 Å². The number of imide groups is 1. The van der Waals surface area contributed by atoms with Gasteiger partial charge in [0.25, 0.3) is 0 Å². The summed E-state index contributed by atoms with van der Waals surface area (Å²) in [6.07, 6.45) is 3.69. The van der Waals surface area contributed by atoms with Crippen molar-refractivity contribution in [3.8, 4) is 0 Å². The van der Waals surface area contributed by atoms with Gasteiger partial charge in [-0.3, -0.25) is 14.9 Å². The van der Waals surface area contributed by atoms with Gasteiger partial charge in [0.1, 0.15) is 0 Å². The summed E-state index contributed by atoms with van der Waals surface area (Å²) < 4.78 is -0.336. The summed E-state index contributed by atoms with van der Waals surface area (Å²) in [6.45, 7) is 4.14. The number of amides is 2. The quantitative estimate of drug-likeness (QED) is 0.726. The van der Waals surface area contributed by atoms with E-state index in [4.69, 9.17) is 0 Å². The third kappa shape index (κ3) is 2.29. The highest BCUT2D eigenvalue weighted by atomic mass is 32.2. The number of rotatable bonds is 4. The molecule has 0 bridgehead atoms. The van der Waals surface area contributed by atoms with E-state index in [2.05, 4.69) is 19.2 Å². The molecule has 1 aliphatic heterocycles. The molecule has 1 heterocycles. The first kappa shape index (κ1) is 11.6. The van der Waals surface area contributed by atoms with Gasteiger partial charge in [0.05, 0.1) is 10.5 Å². The molecule has 1 aliphatic rings. The highest BCUT2D eigenvalue weighted by molar-refractivity contribution is 8.02. The van der Waals surface area contributed by atoms with Crippen LogP contribution in [-0.2, 0) is 9.59 Å². The molecule has 0 aliphatic carbocycles. The van der Waals surface area contributed by atoms with Crippen LogP contribution in [0.3, 0.4) is 0 Å². The highest BCUT2D eigenvalue weighted by Crippen LogP contribution is 2.37. The van der Waals surface area contributed by atoms with Crippen LogP contribution in [-0.4, -0.2) is 22.3 Å². The molecule has 0 radical (unpaired) electrons. The Hall–Kier alpha value is -0.510. The maximum atomic E-state index is 11.8. The van der Waals surface area contributed by atoms with E-state index < -0.39 is 0 Å². The Kier molecular flexibility index (Phi) is 3.98. The second kappa shape index (κ2) is 4.82. The molecule has 14 heavy (non-hydrogen) atoms. The molecule has 1 saturated heterocycles. The summed E-state index contributed by atoms with van der Waals surface area (Å²) in [5.41, 5.74) is 0. The Morgan fingerprint density at radius 2 is 1.86 bits per heavy atom. The topological polar surface area (TPSA) is 46.2 Å². The fourth-order valence-corrected chi connectivity index (χ4v) is 3.21. The van der Waals surface area contributed by atoms with Crippen LogP contribution in [0, 0.1) is 0 Å². The minimum Gasteiger partial charge on any atom is -0.295 e. The average Bonchev–Trinajstić information content (AvgIpc) is 2.13. The number of carbonyl (C=O) groups is 2. The van der Waals surface area contributed by atoms with Crippen LogP contribution in [0.2, 0.25) is 0 Å². The Morgan fingerprint density at radius 1 is 1.29 bits per heavy atom. The summed E-state index contributed by atoms with van der Waals surface area (Å²) in [5.74, 6) is 0.191. The Labute approximate surface area is 89.0 Å². The standard InChI is InChI=1S/C10H17NO2S/c1-3-5-10(6-4-2)9(13)11-8(12)7-14-10/h3-7H2,1-2H3,(H,11,12,13). The van der Waals surface area contributed by atoms with Crippen molar-refractivity contribution in [3.05, 3.63) is 0 Å². The number of hydrogen-bond acceptors (Lipinski definition) is 3. The lowest BCUT2D eigenvalue weighted by molar-refractivity contribution is -0.131. The molecule has 80 valence electrons. The van der Waals surface area contributed by atoms with Crippen LogP contribution in [0.25, 0.3) is 0 Å². The highest BCUT2D eigenvalue weighted by Gasteiger charge is 2.41. The van der Waals surface area contributed by atoms with Gasteiger partial charge in [-0.1, -0.05) is 26.7 Å². The van der Waals surface area contributed by atoms with E-state index in [1.54, 1.807) is 0 Å². The summed E-state index contributed by atoms with van der Waals surface area (Å²) in [7, 11) is 0. The van der Waals surface area contributed by atoms with Gasteiger partial charge in [0.15, 0.2) is 0 Å². The van der Waals surface area contributed by atoms with E-state index in [1.165, 1.54) is 11.8 Å². The second-order valence-electron chi connectivity index (χ2n) is 3.66. The van der Waals surface area contributed by atoms with E-state index in [9.17, 15) is 9.59 Å². The summed E-state index contributed by atoms with van der Waals surface area (Å²) in [4.78, 5) is 22.8. The van der Waals surface area contributed by atoms with E-state index in [1.807, 2.05) is 0 Å². The summed E-state index contributed by atoms with van der Waals surface area (Å²) in [5, 5.41) is 2.44. The Balaban J connectivity index is 2.75. The normalized spacial score (nSPS) is 20.7. The predicted molar refractivity (Wildman–Crippen MR) is 58.2 cm³/mol. The van der Waals surface area contributed by atoms with Gasteiger partial charge < -0.3 is 0 Å². The molecule has 2 amide bonds. The summed E-state index contributed by atoms with van der Waals surface area (Å²) >= 11 is 1.51. The first-order valence-electron chi connectivity index (χ1n) is 5.13. The predicted octanol–water partition coefficient (Wildman–Crippen LogP) is 1.71. The van der Waals surface area contributed by atoms with Crippen LogP contribution in [0.5, 0.6) is 0 Å². The van der Waals surface area contributed by atoms with Crippen molar-refractivity contribution in [1.82, 2.24) is 5.32 Å². The third-order valence-electron chi connectivity index (χ3n) is 2.45. The largest absolute Gasteiger partial charge is 0.295 e. The first-order valence-corrected chi connectivity index (χ1v) is 6.11. The Bertz CT molecular complexity index is 234. The lowest BCUT2D eigenvalue weighted by Crippen LogP contribution is -2.52. The molecule has 0 spiro atoms. The number of carbonyl (C=O) groups excluding carboxylic acids is 2. The molecule has 3 nitrogen and oxygen atoms in total. The van der Waals surface area contributed by atoms with E-state index in [0.717, 1.165) is 25.7 Å². The van der Waals surface area contributed by atoms with E-state index in [0.29, 0.717) is 5.75 Å². The fourth-order valence-electron chi connectivity index (χ4n) is 1.85. The van der Waals surface area contributed by atoms with Crippen molar-refractivity contribution in [2.45, 2.75) is 44.3 Å². The molecule has 0 aromatic heterocycles. The molecule has 0 aromatic carbocycles. The maximum Gasteiger partial charge on any atom is 0.242 e. The SMILES string of the molecule is CCCC1(CCC)SCC(=O)NC1=O. The van der Waals surface area contributed by atoms with E-state index >= 15 is 0 Å². The molecular weight excluding hydrogens is 198 g/mol. The molecule has 4 heteroatoms. The molecule has 1 fully saturated rings. The van der Waals surface area contributed by atoms with Crippen LogP contribution < -0.4 is 5.32 Å².